The molecule has 1 N–H and O–H groups in total. The molecule has 0 aliphatic carbocycles. The van der Waals surface area contributed by atoms with Gasteiger partial charge in [0.15, 0.2) is 0 Å². The van der Waals surface area contributed by atoms with E-state index in [1.54, 1.807) is 31.3 Å². The molecule has 0 saturated carbocycles. The van der Waals surface area contributed by atoms with Crippen LogP contribution in [0.15, 0.2) is 59.7 Å². The number of hydrogen-bond donors (Lipinski definition) is 1. The van der Waals surface area contributed by atoms with Crippen molar-refractivity contribution in [3.05, 3.63) is 70.7 Å². The second-order valence-electron chi connectivity index (χ2n) is 5.25. The Balaban J connectivity index is 1.78. The number of hydrazone groups is 1. The number of benzene rings is 2. The first kappa shape index (κ1) is 16.0. The van der Waals surface area contributed by atoms with Crippen LogP contribution in [0.5, 0.6) is 0 Å². The predicted octanol–water partition coefficient (Wildman–Crippen LogP) is 2.76. The highest BCUT2D eigenvalue weighted by atomic mass is 35.5. The van der Waals surface area contributed by atoms with Crippen molar-refractivity contribution in [2.75, 3.05) is 13.6 Å². The number of nitrogens with zero attached hydrogens (tertiary/aromatic N) is 3. The third-order valence-electron chi connectivity index (χ3n) is 3.54. The molecule has 3 rings (SSSR count). The van der Waals surface area contributed by atoms with Crippen molar-refractivity contribution in [1.82, 2.24) is 15.4 Å². The first-order valence-corrected chi connectivity index (χ1v) is 7.67. The summed E-state index contributed by atoms with van der Waals surface area (Å²) in [5, 5.41) is 7.25. The average Bonchev–Trinajstić information content (AvgIpc) is 2.60. The molecule has 24 heavy (non-hydrogen) atoms. The van der Waals surface area contributed by atoms with Gasteiger partial charge in [-0.05, 0) is 29.8 Å². The Morgan fingerprint density at radius 3 is 2.46 bits per heavy atom. The molecule has 1 heterocycles. The van der Waals surface area contributed by atoms with Crippen LogP contribution in [0.3, 0.4) is 0 Å². The highest BCUT2D eigenvalue weighted by Gasteiger charge is 2.27. The largest absolute Gasteiger partial charge is 0.359 e. The van der Waals surface area contributed by atoms with Gasteiger partial charge in [-0.15, -0.1) is 0 Å². The zero-order valence-corrected chi connectivity index (χ0v) is 13.7. The molecule has 2 aromatic carbocycles. The lowest BCUT2D eigenvalue weighted by Gasteiger charge is -2.31. The smallest absolute Gasteiger partial charge is 0.267 e. The van der Waals surface area contributed by atoms with Gasteiger partial charge in [0.2, 0.25) is 0 Å². The van der Waals surface area contributed by atoms with E-state index in [1.165, 1.54) is 10.0 Å². The van der Waals surface area contributed by atoms with Gasteiger partial charge in [-0.3, -0.25) is 10.2 Å². The van der Waals surface area contributed by atoms with Crippen LogP contribution in [0.25, 0.3) is 0 Å². The molecule has 0 atom stereocenters. The van der Waals surface area contributed by atoms with Crippen molar-refractivity contribution >= 4 is 29.3 Å². The van der Waals surface area contributed by atoms with Gasteiger partial charge in [-0.1, -0.05) is 41.9 Å². The van der Waals surface area contributed by atoms with Crippen molar-refractivity contribution in [3.8, 4) is 0 Å². The fourth-order valence-corrected chi connectivity index (χ4v) is 2.43. The topological polar surface area (TPSA) is 65.0 Å². The number of amides is 3. The highest BCUT2D eigenvalue weighted by Crippen LogP contribution is 2.12. The molecule has 3 amide bonds. The lowest BCUT2D eigenvalue weighted by atomic mass is 10.1. The maximum atomic E-state index is 12.3. The summed E-state index contributed by atoms with van der Waals surface area (Å²) in [6.45, 7) is 0.187. The Hall–Kier alpha value is -2.86. The van der Waals surface area contributed by atoms with Crippen LogP contribution < -0.4 is 5.43 Å². The second-order valence-corrected chi connectivity index (χ2v) is 5.69. The minimum Gasteiger partial charge on any atom is -0.267 e. The Bertz CT molecular complexity index is 790. The van der Waals surface area contributed by atoms with Gasteiger partial charge in [0.1, 0.15) is 0 Å². The summed E-state index contributed by atoms with van der Waals surface area (Å²) in [5.74, 6) is -0.386. The van der Waals surface area contributed by atoms with E-state index in [-0.39, 0.29) is 12.5 Å². The van der Waals surface area contributed by atoms with Crippen LogP contribution in [0.4, 0.5) is 4.79 Å². The van der Waals surface area contributed by atoms with Crippen LogP contribution in [0, 0.1) is 0 Å². The lowest BCUT2D eigenvalue weighted by Crippen LogP contribution is -2.55. The van der Waals surface area contributed by atoms with E-state index < -0.39 is 6.03 Å². The highest BCUT2D eigenvalue weighted by molar-refractivity contribution is 6.30. The van der Waals surface area contributed by atoms with Crippen molar-refractivity contribution in [2.24, 2.45) is 5.10 Å². The maximum Gasteiger partial charge on any atom is 0.359 e. The molecule has 0 aromatic heterocycles. The summed E-state index contributed by atoms with van der Waals surface area (Å²) < 4.78 is 0. The van der Waals surface area contributed by atoms with Crippen LogP contribution >= 0.6 is 11.6 Å². The summed E-state index contributed by atoms with van der Waals surface area (Å²) in [6.07, 6.45) is 0. The van der Waals surface area contributed by atoms with Gasteiger partial charge < -0.3 is 0 Å². The van der Waals surface area contributed by atoms with Crippen LogP contribution in [0.2, 0.25) is 5.02 Å². The quantitative estimate of drug-likeness (QED) is 0.932. The minimum atomic E-state index is -0.406. The number of carbonyl (C=O) groups excluding carboxylic acids is 2. The zero-order chi connectivity index (χ0) is 17.1. The second kappa shape index (κ2) is 6.72. The molecule has 7 heteroatoms. The Morgan fingerprint density at radius 2 is 1.79 bits per heavy atom. The lowest BCUT2D eigenvalue weighted by molar-refractivity contribution is 0.0803. The predicted molar refractivity (Wildman–Crippen MR) is 91.8 cm³/mol. The standard InChI is InChI=1S/C17H15ClN4O2/c1-21-17(24)22(11-15(19-21)12-5-3-2-4-6-12)20-16(23)13-7-9-14(18)10-8-13/h2-10H,11H2,1H3,(H,20,23). The number of hydrogen-bond acceptors (Lipinski definition) is 3. The third kappa shape index (κ3) is 3.38. The molecule has 2 aromatic rings. The van der Waals surface area contributed by atoms with E-state index >= 15 is 0 Å². The zero-order valence-electron chi connectivity index (χ0n) is 12.9. The number of carbonyl (C=O) groups is 2. The van der Waals surface area contributed by atoms with E-state index in [2.05, 4.69) is 10.5 Å². The number of urea groups is 1. The van der Waals surface area contributed by atoms with E-state index in [4.69, 9.17) is 11.6 Å². The summed E-state index contributed by atoms with van der Waals surface area (Å²) in [7, 11) is 1.55. The number of hydrazine groups is 1. The van der Waals surface area contributed by atoms with Gasteiger partial charge in [0.25, 0.3) is 5.91 Å². The van der Waals surface area contributed by atoms with Gasteiger partial charge in [0, 0.05) is 17.6 Å². The van der Waals surface area contributed by atoms with Crippen molar-refractivity contribution < 1.29 is 9.59 Å². The molecular weight excluding hydrogens is 328 g/mol. The molecule has 0 bridgehead atoms. The molecule has 1 aliphatic rings. The van der Waals surface area contributed by atoms with E-state index in [9.17, 15) is 9.59 Å². The molecule has 0 radical (unpaired) electrons. The number of halogens is 1. The molecule has 0 saturated heterocycles. The Kier molecular flexibility index (Phi) is 4.48. The summed E-state index contributed by atoms with van der Waals surface area (Å²) in [5.41, 5.74) is 4.61. The van der Waals surface area contributed by atoms with Gasteiger partial charge in [-0.2, -0.15) is 5.10 Å². The molecule has 0 unspecified atom stereocenters. The average molecular weight is 343 g/mol. The van der Waals surface area contributed by atoms with Crippen molar-refractivity contribution in [3.63, 3.8) is 0 Å². The first-order chi connectivity index (χ1) is 11.5. The number of nitrogens with one attached hydrogen (secondary N) is 1. The molecule has 122 valence electrons. The molecule has 6 nitrogen and oxygen atoms in total. The Labute approximate surface area is 144 Å². The monoisotopic (exact) mass is 342 g/mol. The van der Waals surface area contributed by atoms with Crippen molar-refractivity contribution in [1.29, 1.82) is 0 Å². The normalized spacial score (nSPS) is 14.4. The van der Waals surface area contributed by atoms with Crippen LogP contribution in [-0.2, 0) is 0 Å². The first-order valence-electron chi connectivity index (χ1n) is 7.29. The van der Waals surface area contributed by atoms with E-state index in [0.717, 1.165) is 5.56 Å². The summed E-state index contributed by atoms with van der Waals surface area (Å²) in [6, 6.07) is 15.5. The number of rotatable bonds is 3. The van der Waals surface area contributed by atoms with Gasteiger partial charge in [-0.25, -0.2) is 14.8 Å². The molecule has 0 fully saturated rings. The van der Waals surface area contributed by atoms with Gasteiger partial charge >= 0.3 is 6.03 Å². The van der Waals surface area contributed by atoms with Gasteiger partial charge in [0.05, 0.1) is 12.3 Å². The maximum absolute atomic E-state index is 12.3. The minimum absolute atomic E-state index is 0.187. The van der Waals surface area contributed by atoms with Crippen LogP contribution in [0.1, 0.15) is 15.9 Å². The Morgan fingerprint density at radius 1 is 1.12 bits per heavy atom. The van der Waals surface area contributed by atoms with E-state index in [0.29, 0.717) is 16.3 Å². The summed E-state index contributed by atoms with van der Waals surface area (Å²) >= 11 is 5.82. The SMILES string of the molecule is CN1N=C(c2ccccc2)CN(NC(=O)c2ccc(Cl)cc2)C1=O. The van der Waals surface area contributed by atoms with Crippen molar-refractivity contribution in [2.45, 2.75) is 0 Å². The third-order valence-corrected chi connectivity index (χ3v) is 3.79. The molecule has 0 spiro atoms. The fraction of sp³-hybridized carbons (Fsp3) is 0.118. The van der Waals surface area contributed by atoms with Crippen LogP contribution in [-0.4, -0.2) is 41.3 Å². The van der Waals surface area contributed by atoms with E-state index in [1.807, 2.05) is 30.3 Å². The molecular formula is C17H15ClN4O2. The summed E-state index contributed by atoms with van der Waals surface area (Å²) in [4.78, 5) is 24.5. The molecule has 1 aliphatic heterocycles. The fourth-order valence-electron chi connectivity index (χ4n) is 2.30.